The molecule has 1 aromatic carbocycles. The van der Waals surface area contributed by atoms with Gasteiger partial charge in [0.2, 0.25) is 5.91 Å². The number of carbonyl (C=O) groups is 3. The third-order valence-corrected chi connectivity index (χ3v) is 8.56. The minimum absolute atomic E-state index is 0.0606. The van der Waals surface area contributed by atoms with Gasteiger partial charge in [-0.15, -0.1) is 0 Å². The van der Waals surface area contributed by atoms with Crippen LogP contribution in [0.2, 0.25) is 0 Å². The van der Waals surface area contributed by atoms with Gasteiger partial charge < -0.3 is 25.2 Å². The fourth-order valence-electron chi connectivity index (χ4n) is 5.04. The van der Waals surface area contributed by atoms with Crippen molar-refractivity contribution in [1.29, 1.82) is 0 Å². The maximum atomic E-state index is 13.2. The van der Waals surface area contributed by atoms with Crippen LogP contribution in [-0.4, -0.2) is 61.6 Å². The molecule has 2 fully saturated rings. The van der Waals surface area contributed by atoms with Gasteiger partial charge in [-0.05, 0) is 103 Å². The first-order valence-electron chi connectivity index (χ1n) is 13.0. The summed E-state index contributed by atoms with van der Waals surface area (Å²) in [4.78, 5) is 41.8. The molecule has 2 aliphatic rings. The smallest absolute Gasteiger partial charge is 0.399 e. The first-order valence-corrected chi connectivity index (χ1v) is 14.6. The summed E-state index contributed by atoms with van der Waals surface area (Å²) in [6.45, 7) is 8.06. The lowest BCUT2D eigenvalue weighted by Gasteiger charge is -2.32. The average molecular weight is 592 g/mol. The number of rotatable bonds is 9. The number of nitrogens with zero attached hydrogens (tertiary/aromatic N) is 2. The van der Waals surface area contributed by atoms with Crippen molar-refractivity contribution in [3.05, 3.63) is 45.2 Å². The van der Waals surface area contributed by atoms with Crippen LogP contribution in [0.25, 0.3) is 0 Å². The van der Waals surface area contributed by atoms with Gasteiger partial charge in [-0.2, -0.15) is 0 Å². The second kappa shape index (κ2) is 12.9. The van der Waals surface area contributed by atoms with Gasteiger partial charge in [-0.1, -0.05) is 18.3 Å². The van der Waals surface area contributed by atoms with Crippen LogP contribution in [-0.2, 0) is 4.79 Å². The summed E-state index contributed by atoms with van der Waals surface area (Å²) < 4.78 is 6.16. The Morgan fingerprint density at radius 2 is 1.97 bits per heavy atom. The molecule has 0 saturated carbocycles. The Morgan fingerprint density at radius 1 is 1.19 bits per heavy atom. The summed E-state index contributed by atoms with van der Waals surface area (Å²) in [7, 11) is 0. The zero-order chi connectivity index (χ0) is 26.4. The number of halogens is 1. The second-order valence-electron chi connectivity index (χ2n) is 9.73. The van der Waals surface area contributed by atoms with Crippen molar-refractivity contribution >= 4 is 50.9 Å². The maximum absolute atomic E-state index is 13.2. The topological polar surface area (TPSA) is 91.0 Å². The SMILES string of the molecule is CCNCCCC1CCN(C(=O)c2ccc(N3CC(NC(=O)Oc4ccc(Br)s4)CC3=O)cc2C)CC1. The highest BCUT2D eigenvalue weighted by Crippen LogP contribution is 2.30. The summed E-state index contributed by atoms with van der Waals surface area (Å²) in [5, 5.41) is 6.64. The van der Waals surface area contributed by atoms with Gasteiger partial charge in [-0.25, -0.2) is 4.79 Å². The van der Waals surface area contributed by atoms with Crippen molar-refractivity contribution in [2.24, 2.45) is 5.92 Å². The Kier molecular flexibility index (Phi) is 9.61. The van der Waals surface area contributed by atoms with Crippen LogP contribution in [0.5, 0.6) is 5.06 Å². The molecule has 10 heteroatoms. The largest absolute Gasteiger partial charge is 0.413 e. The predicted molar refractivity (Wildman–Crippen MR) is 150 cm³/mol. The van der Waals surface area contributed by atoms with Crippen LogP contribution < -0.4 is 20.3 Å². The average Bonchev–Trinajstić information content (AvgIpc) is 3.45. The number of nitrogens with one attached hydrogen (secondary N) is 2. The van der Waals surface area contributed by atoms with Crippen molar-refractivity contribution in [2.45, 2.75) is 52.0 Å². The summed E-state index contributed by atoms with van der Waals surface area (Å²) >= 11 is 4.65. The number of hydrogen-bond donors (Lipinski definition) is 2. The second-order valence-corrected chi connectivity index (χ2v) is 12.2. The number of amides is 3. The number of anilines is 1. The van der Waals surface area contributed by atoms with E-state index in [0.29, 0.717) is 23.1 Å². The van der Waals surface area contributed by atoms with E-state index in [1.165, 1.54) is 24.2 Å². The molecule has 8 nitrogen and oxygen atoms in total. The highest BCUT2D eigenvalue weighted by Gasteiger charge is 2.33. The molecular formula is C27H35BrN4O4S. The van der Waals surface area contributed by atoms with E-state index in [0.717, 1.165) is 54.1 Å². The van der Waals surface area contributed by atoms with Crippen LogP contribution in [0.1, 0.15) is 54.9 Å². The van der Waals surface area contributed by atoms with E-state index in [1.54, 1.807) is 17.0 Å². The van der Waals surface area contributed by atoms with Crippen LogP contribution in [0.3, 0.4) is 0 Å². The molecule has 0 bridgehead atoms. The standard InChI is InChI=1S/C27H35BrN4O4S/c1-3-29-12-4-5-19-10-13-31(14-11-19)26(34)22-7-6-21(15-18(22)2)32-17-20(16-24(32)33)30-27(35)36-25-9-8-23(28)37-25/h6-9,15,19-20,29H,3-5,10-14,16-17H2,1-2H3,(H,30,35). The lowest BCUT2D eigenvalue weighted by molar-refractivity contribution is -0.117. The van der Waals surface area contributed by atoms with Gasteiger partial charge in [0, 0.05) is 37.3 Å². The number of benzene rings is 1. The summed E-state index contributed by atoms with van der Waals surface area (Å²) in [5.74, 6) is 0.683. The Balaban J connectivity index is 1.29. The first kappa shape index (κ1) is 27.6. The monoisotopic (exact) mass is 590 g/mol. The van der Waals surface area contributed by atoms with Gasteiger partial charge in [0.05, 0.1) is 9.83 Å². The number of piperidine rings is 1. The molecule has 1 unspecified atom stereocenters. The summed E-state index contributed by atoms with van der Waals surface area (Å²) in [6.07, 6.45) is 4.13. The van der Waals surface area contributed by atoms with Crippen molar-refractivity contribution < 1.29 is 19.1 Å². The van der Waals surface area contributed by atoms with Crippen molar-refractivity contribution in [3.63, 3.8) is 0 Å². The van der Waals surface area contributed by atoms with E-state index in [1.807, 2.05) is 30.0 Å². The van der Waals surface area contributed by atoms with Gasteiger partial charge in [0.1, 0.15) is 0 Å². The van der Waals surface area contributed by atoms with Crippen molar-refractivity contribution in [3.8, 4) is 5.06 Å². The fourth-order valence-corrected chi connectivity index (χ4v) is 6.23. The molecule has 2 aliphatic heterocycles. The van der Waals surface area contributed by atoms with Crippen LogP contribution >= 0.6 is 27.3 Å². The molecule has 0 aliphatic carbocycles. The van der Waals surface area contributed by atoms with Crippen LogP contribution in [0.4, 0.5) is 10.5 Å². The number of aryl methyl sites for hydroxylation is 1. The van der Waals surface area contributed by atoms with Gasteiger partial charge >= 0.3 is 6.09 Å². The first-order chi connectivity index (χ1) is 17.8. The quantitative estimate of drug-likeness (QED) is 0.403. The summed E-state index contributed by atoms with van der Waals surface area (Å²) in [6, 6.07) is 8.72. The van der Waals surface area contributed by atoms with E-state index in [-0.39, 0.29) is 24.3 Å². The number of ether oxygens (including phenoxy) is 1. The van der Waals surface area contributed by atoms with Crippen molar-refractivity contribution in [2.75, 3.05) is 37.6 Å². The minimum Gasteiger partial charge on any atom is -0.399 e. The number of hydrogen-bond acceptors (Lipinski definition) is 6. The molecule has 1 atom stereocenters. The molecule has 1 aromatic heterocycles. The molecular weight excluding hydrogens is 556 g/mol. The molecule has 2 N–H and O–H groups in total. The van der Waals surface area contributed by atoms with Gasteiger partial charge in [0.15, 0.2) is 5.06 Å². The predicted octanol–water partition coefficient (Wildman–Crippen LogP) is 4.95. The molecule has 3 heterocycles. The molecule has 3 amide bonds. The normalized spacial score (nSPS) is 18.4. The van der Waals surface area contributed by atoms with E-state index < -0.39 is 6.09 Å². The van der Waals surface area contributed by atoms with Crippen LogP contribution in [0, 0.1) is 12.8 Å². The van der Waals surface area contributed by atoms with Crippen molar-refractivity contribution in [1.82, 2.24) is 15.5 Å². The van der Waals surface area contributed by atoms with E-state index in [2.05, 4.69) is 33.5 Å². The third-order valence-electron chi connectivity index (χ3n) is 7.06. The molecule has 4 rings (SSSR count). The van der Waals surface area contributed by atoms with E-state index >= 15 is 0 Å². The summed E-state index contributed by atoms with van der Waals surface area (Å²) in [5.41, 5.74) is 2.27. The van der Waals surface area contributed by atoms with Crippen LogP contribution in [0.15, 0.2) is 34.1 Å². The molecule has 37 heavy (non-hydrogen) atoms. The lowest BCUT2D eigenvalue weighted by atomic mass is 9.91. The van der Waals surface area contributed by atoms with Gasteiger partial charge in [0.25, 0.3) is 5.91 Å². The Hall–Kier alpha value is -2.43. The Morgan fingerprint density at radius 3 is 2.65 bits per heavy atom. The Labute approximate surface area is 230 Å². The number of likely N-dealkylation sites (tertiary alicyclic amines) is 1. The highest BCUT2D eigenvalue weighted by atomic mass is 79.9. The number of carbonyl (C=O) groups excluding carboxylic acids is 3. The zero-order valence-corrected chi connectivity index (χ0v) is 23.8. The molecule has 2 saturated heterocycles. The zero-order valence-electron chi connectivity index (χ0n) is 21.4. The Bertz CT molecular complexity index is 1120. The third kappa shape index (κ3) is 7.33. The maximum Gasteiger partial charge on any atom is 0.413 e. The number of thiophene rings is 1. The molecule has 0 radical (unpaired) electrons. The van der Waals surface area contributed by atoms with E-state index in [4.69, 9.17) is 4.74 Å². The van der Waals surface area contributed by atoms with E-state index in [9.17, 15) is 14.4 Å². The minimum atomic E-state index is -0.576. The highest BCUT2D eigenvalue weighted by molar-refractivity contribution is 9.11. The fraction of sp³-hybridized carbons (Fsp3) is 0.519. The lowest BCUT2D eigenvalue weighted by Crippen LogP contribution is -2.39. The molecule has 0 spiro atoms. The van der Waals surface area contributed by atoms with Gasteiger partial charge in [-0.3, -0.25) is 9.59 Å². The molecule has 2 aromatic rings. The molecule has 200 valence electrons.